The number of ether oxygens (including phenoxy) is 1. The highest BCUT2D eigenvalue weighted by Crippen LogP contribution is 2.27. The van der Waals surface area contributed by atoms with Gasteiger partial charge < -0.3 is 9.64 Å². The average Bonchev–Trinajstić information content (AvgIpc) is 3.03. The number of aromatic nitrogens is 1. The van der Waals surface area contributed by atoms with E-state index in [0.29, 0.717) is 6.61 Å². The molecule has 0 saturated carbocycles. The van der Waals surface area contributed by atoms with Gasteiger partial charge in [0.25, 0.3) is 0 Å². The van der Waals surface area contributed by atoms with Crippen LogP contribution in [0.5, 0.6) is 5.75 Å². The van der Waals surface area contributed by atoms with E-state index < -0.39 is 0 Å². The monoisotopic (exact) mass is 334 g/mol. The lowest BCUT2D eigenvalue weighted by Gasteiger charge is -2.32. The number of para-hydroxylation sites is 1. The van der Waals surface area contributed by atoms with E-state index in [1.165, 1.54) is 17.0 Å². The van der Waals surface area contributed by atoms with Crippen molar-refractivity contribution in [1.82, 2.24) is 14.9 Å². The Morgan fingerprint density at radius 1 is 1.08 bits per heavy atom. The quantitative estimate of drug-likeness (QED) is 0.843. The van der Waals surface area contributed by atoms with Crippen LogP contribution in [-0.2, 0) is 6.54 Å². The number of hydrogen-bond acceptors (Lipinski definition) is 5. The predicted octanol–water partition coefficient (Wildman–Crippen LogP) is 2.92. The highest BCUT2D eigenvalue weighted by Gasteiger charge is 2.29. The van der Waals surface area contributed by atoms with Crippen molar-refractivity contribution in [2.24, 2.45) is 5.10 Å². The van der Waals surface area contributed by atoms with E-state index in [1.54, 1.807) is 0 Å². The van der Waals surface area contributed by atoms with Crippen LogP contribution >= 0.6 is 0 Å². The zero-order chi connectivity index (χ0) is 17.1. The Morgan fingerprint density at radius 3 is 2.72 bits per heavy atom. The summed E-state index contributed by atoms with van der Waals surface area (Å²) in [5.74, 6) is 0.892. The molecule has 0 unspecified atom stereocenters. The molecular weight excluding hydrogens is 312 g/mol. The summed E-state index contributed by atoms with van der Waals surface area (Å²) < 4.78 is 6.06. The zero-order valence-corrected chi connectivity index (χ0v) is 14.4. The molecule has 128 valence electrons. The smallest absolute Gasteiger partial charge is 0.128 e. The Kier molecular flexibility index (Phi) is 4.37. The van der Waals surface area contributed by atoms with Crippen LogP contribution in [0.1, 0.15) is 12.1 Å². The third-order valence-corrected chi connectivity index (χ3v) is 4.57. The van der Waals surface area contributed by atoms with Crippen molar-refractivity contribution < 1.29 is 4.74 Å². The van der Waals surface area contributed by atoms with E-state index in [-0.39, 0.29) is 0 Å². The van der Waals surface area contributed by atoms with E-state index in [4.69, 9.17) is 4.74 Å². The minimum Gasteiger partial charge on any atom is -0.487 e. The second kappa shape index (κ2) is 6.97. The average molecular weight is 334 g/mol. The summed E-state index contributed by atoms with van der Waals surface area (Å²) in [6.45, 7) is 3.15. The summed E-state index contributed by atoms with van der Waals surface area (Å²) in [6, 6.07) is 16.0. The molecule has 2 aliphatic rings. The summed E-state index contributed by atoms with van der Waals surface area (Å²) in [5, 5.41) is 6.66. The standard InChI is InChI=1S/C20H22N4O/c1-23-14-18-19(22-23)10-12-24(13-16-7-5-6-11-21-16)20(18)15-25-17-8-3-2-4-9-17/h2-9,11H,10,12-15H2,1H3. The third-order valence-electron chi connectivity index (χ3n) is 4.57. The molecule has 2 aliphatic heterocycles. The van der Waals surface area contributed by atoms with Crippen LogP contribution in [-0.4, -0.2) is 47.3 Å². The maximum atomic E-state index is 6.06. The van der Waals surface area contributed by atoms with Gasteiger partial charge in [-0.1, -0.05) is 24.3 Å². The maximum Gasteiger partial charge on any atom is 0.128 e. The molecule has 0 aliphatic carbocycles. The molecule has 0 saturated heterocycles. The Bertz CT molecular complexity index is 786. The largest absolute Gasteiger partial charge is 0.487 e. The first kappa shape index (κ1) is 15.7. The molecule has 2 aromatic rings. The molecule has 0 fully saturated rings. The molecule has 5 nitrogen and oxygen atoms in total. The molecule has 0 amide bonds. The number of pyridine rings is 1. The summed E-state index contributed by atoms with van der Waals surface area (Å²) in [7, 11) is 2.02. The van der Waals surface area contributed by atoms with Crippen LogP contribution < -0.4 is 4.74 Å². The molecule has 0 spiro atoms. The van der Waals surface area contributed by atoms with Crippen LogP contribution in [0.15, 0.2) is 71.1 Å². The van der Waals surface area contributed by atoms with Crippen LogP contribution in [0.2, 0.25) is 0 Å². The fraction of sp³-hybridized carbons (Fsp3) is 0.300. The molecule has 0 atom stereocenters. The van der Waals surface area contributed by atoms with Gasteiger partial charge >= 0.3 is 0 Å². The Labute approximate surface area is 148 Å². The molecule has 5 heteroatoms. The lowest BCUT2D eigenvalue weighted by molar-refractivity contribution is 0.255. The minimum absolute atomic E-state index is 0.555. The molecule has 1 aromatic heterocycles. The fourth-order valence-corrected chi connectivity index (χ4v) is 3.36. The van der Waals surface area contributed by atoms with Crippen LogP contribution in [0.25, 0.3) is 0 Å². The van der Waals surface area contributed by atoms with Gasteiger partial charge in [-0.15, -0.1) is 0 Å². The number of benzene rings is 1. The van der Waals surface area contributed by atoms with Crippen LogP contribution in [0.3, 0.4) is 0 Å². The fourth-order valence-electron chi connectivity index (χ4n) is 3.36. The molecule has 0 N–H and O–H groups in total. The molecule has 1 aromatic carbocycles. The molecule has 0 radical (unpaired) electrons. The molecule has 0 bridgehead atoms. The van der Waals surface area contributed by atoms with Gasteiger partial charge in [-0.2, -0.15) is 5.10 Å². The Hall–Kier alpha value is -2.82. The van der Waals surface area contributed by atoms with Crippen molar-refractivity contribution >= 4 is 5.71 Å². The van der Waals surface area contributed by atoms with Gasteiger partial charge in [0.1, 0.15) is 12.4 Å². The van der Waals surface area contributed by atoms with Gasteiger partial charge in [-0.05, 0) is 24.3 Å². The number of likely N-dealkylation sites (N-methyl/N-ethyl adjacent to an activating group) is 1. The topological polar surface area (TPSA) is 41.0 Å². The highest BCUT2D eigenvalue weighted by molar-refractivity contribution is 6.03. The normalized spacial score (nSPS) is 16.8. The van der Waals surface area contributed by atoms with Gasteiger partial charge in [-0.25, -0.2) is 0 Å². The van der Waals surface area contributed by atoms with Crippen molar-refractivity contribution in [2.45, 2.75) is 13.0 Å². The van der Waals surface area contributed by atoms with Crippen molar-refractivity contribution in [3.05, 3.63) is 71.7 Å². The maximum absolute atomic E-state index is 6.06. The predicted molar refractivity (Wildman–Crippen MR) is 98.3 cm³/mol. The number of fused-ring (bicyclic) bond motifs is 1. The van der Waals surface area contributed by atoms with Gasteiger partial charge in [0, 0.05) is 31.8 Å². The highest BCUT2D eigenvalue weighted by atomic mass is 16.5. The number of hydrazone groups is 1. The summed E-state index contributed by atoms with van der Waals surface area (Å²) in [5.41, 5.74) is 4.81. The van der Waals surface area contributed by atoms with E-state index in [1.807, 2.05) is 60.7 Å². The molecular formula is C20H22N4O. The summed E-state index contributed by atoms with van der Waals surface area (Å²) in [4.78, 5) is 6.87. The Morgan fingerprint density at radius 2 is 1.92 bits per heavy atom. The van der Waals surface area contributed by atoms with Gasteiger partial charge in [0.15, 0.2) is 0 Å². The second-order valence-electron chi connectivity index (χ2n) is 6.38. The van der Waals surface area contributed by atoms with Crippen molar-refractivity contribution in [3.63, 3.8) is 0 Å². The van der Waals surface area contributed by atoms with Gasteiger partial charge in [0.05, 0.1) is 30.2 Å². The van der Waals surface area contributed by atoms with Crippen molar-refractivity contribution in [3.8, 4) is 5.75 Å². The van der Waals surface area contributed by atoms with E-state index in [2.05, 4.69) is 21.1 Å². The Balaban J connectivity index is 1.58. The molecule has 4 rings (SSSR count). The van der Waals surface area contributed by atoms with Crippen molar-refractivity contribution in [2.75, 3.05) is 26.7 Å². The molecule has 25 heavy (non-hydrogen) atoms. The number of hydrogen-bond donors (Lipinski definition) is 0. The van der Waals surface area contributed by atoms with E-state index in [9.17, 15) is 0 Å². The SMILES string of the molecule is CN1CC2=C(COc3ccccc3)N(Cc3ccccn3)CCC2=N1. The molecule has 3 heterocycles. The third kappa shape index (κ3) is 3.50. The number of rotatable bonds is 5. The van der Waals surface area contributed by atoms with Crippen LogP contribution in [0.4, 0.5) is 0 Å². The zero-order valence-electron chi connectivity index (χ0n) is 14.4. The first-order valence-electron chi connectivity index (χ1n) is 8.63. The van der Waals surface area contributed by atoms with E-state index in [0.717, 1.165) is 37.5 Å². The van der Waals surface area contributed by atoms with Gasteiger partial charge in [-0.3, -0.25) is 9.99 Å². The summed E-state index contributed by atoms with van der Waals surface area (Å²) in [6.07, 6.45) is 2.82. The van der Waals surface area contributed by atoms with Crippen LogP contribution in [0, 0.1) is 0 Å². The van der Waals surface area contributed by atoms with Crippen molar-refractivity contribution in [1.29, 1.82) is 0 Å². The summed E-state index contributed by atoms with van der Waals surface area (Å²) >= 11 is 0. The second-order valence-corrected chi connectivity index (χ2v) is 6.38. The first-order valence-corrected chi connectivity index (χ1v) is 8.63. The lowest BCUT2D eigenvalue weighted by atomic mass is 10.0. The number of nitrogens with zero attached hydrogens (tertiary/aromatic N) is 4. The van der Waals surface area contributed by atoms with E-state index >= 15 is 0 Å². The van der Waals surface area contributed by atoms with Gasteiger partial charge in [0.2, 0.25) is 0 Å². The lowest BCUT2D eigenvalue weighted by Crippen LogP contribution is -2.35. The first-order chi connectivity index (χ1) is 12.3. The minimum atomic E-state index is 0.555.